The number of ether oxygens (including phenoxy) is 2. The second-order valence-corrected chi connectivity index (χ2v) is 7.27. The molecule has 8 heteroatoms. The first kappa shape index (κ1) is 19.6. The molecule has 1 saturated heterocycles. The number of aliphatic carboxylic acids is 1. The van der Waals surface area contributed by atoms with Gasteiger partial charge in [0.1, 0.15) is 0 Å². The van der Waals surface area contributed by atoms with Crippen molar-refractivity contribution >= 4 is 5.97 Å². The van der Waals surface area contributed by atoms with E-state index in [4.69, 9.17) is 9.47 Å². The molecule has 2 heterocycles. The van der Waals surface area contributed by atoms with Crippen LogP contribution in [0.4, 0.5) is 13.2 Å². The SMILES string of the molecule is O=C(O)C1CCCN(C(c2ccc3c(c2)OCO3)c2ccccc2C(F)(F)F)C1. The molecular formula is C21H20F3NO4. The number of rotatable bonds is 4. The Bertz CT molecular complexity index is 915. The lowest BCUT2D eigenvalue weighted by atomic mass is 9.89. The molecule has 0 aromatic heterocycles. The molecule has 0 saturated carbocycles. The summed E-state index contributed by atoms with van der Waals surface area (Å²) in [5.74, 6) is -0.524. The van der Waals surface area contributed by atoms with E-state index < -0.39 is 29.7 Å². The van der Waals surface area contributed by atoms with E-state index in [0.29, 0.717) is 36.4 Å². The summed E-state index contributed by atoms with van der Waals surface area (Å²) >= 11 is 0. The highest BCUT2D eigenvalue weighted by Gasteiger charge is 2.39. The standard InChI is InChI=1S/C21H20F3NO4/c22-21(23,24)16-6-2-1-5-15(16)19(25-9-3-4-14(11-25)20(26)27)13-7-8-17-18(10-13)29-12-28-17/h1-2,5-8,10,14,19H,3-4,9,11-12H2,(H,26,27). The lowest BCUT2D eigenvalue weighted by Crippen LogP contribution is -2.41. The zero-order chi connectivity index (χ0) is 20.6. The third kappa shape index (κ3) is 3.89. The lowest BCUT2D eigenvalue weighted by molar-refractivity contribution is -0.144. The van der Waals surface area contributed by atoms with E-state index in [1.54, 1.807) is 24.3 Å². The van der Waals surface area contributed by atoms with Gasteiger partial charge in [-0.1, -0.05) is 24.3 Å². The van der Waals surface area contributed by atoms with Gasteiger partial charge in [0.2, 0.25) is 6.79 Å². The molecule has 0 radical (unpaired) electrons. The maximum atomic E-state index is 13.8. The number of carbonyl (C=O) groups is 1. The van der Waals surface area contributed by atoms with Crippen LogP contribution in [0.25, 0.3) is 0 Å². The van der Waals surface area contributed by atoms with Crippen molar-refractivity contribution in [3.63, 3.8) is 0 Å². The van der Waals surface area contributed by atoms with Crippen LogP contribution in [0, 0.1) is 5.92 Å². The molecule has 0 spiro atoms. The third-order valence-corrected chi connectivity index (χ3v) is 5.44. The molecule has 5 nitrogen and oxygen atoms in total. The van der Waals surface area contributed by atoms with E-state index in [1.807, 2.05) is 4.90 Å². The predicted octanol–water partition coefficient (Wildman–Crippen LogP) is 4.32. The van der Waals surface area contributed by atoms with Crippen molar-refractivity contribution in [1.29, 1.82) is 0 Å². The minimum Gasteiger partial charge on any atom is -0.481 e. The Morgan fingerprint density at radius 3 is 2.66 bits per heavy atom. The summed E-state index contributed by atoms with van der Waals surface area (Å²) in [6.07, 6.45) is -3.40. The molecule has 1 N–H and O–H groups in total. The van der Waals surface area contributed by atoms with Crippen LogP contribution < -0.4 is 9.47 Å². The summed E-state index contributed by atoms with van der Waals surface area (Å²) < 4.78 is 52.0. The summed E-state index contributed by atoms with van der Waals surface area (Å²) in [5.41, 5.74) is -0.0120. The quantitative estimate of drug-likeness (QED) is 0.818. The van der Waals surface area contributed by atoms with Gasteiger partial charge in [-0.25, -0.2) is 0 Å². The van der Waals surface area contributed by atoms with E-state index in [0.717, 1.165) is 6.07 Å². The minimum atomic E-state index is -4.52. The molecule has 2 unspecified atom stereocenters. The van der Waals surface area contributed by atoms with Gasteiger partial charge >= 0.3 is 12.1 Å². The molecule has 2 aliphatic heterocycles. The fourth-order valence-electron chi connectivity index (χ4n) is 4.11. The molecule has 0 bridgehead atoms. The first-order chi connectivity index (χ1) is 13.8. The summed E-state index contributed by atoms with van der Waals surface area (Å²) in [6, 6.07) is 9.79. The van der Waals surface area contributed by atoms with Crippen LogP contribution in [-0.4, -0.2) is 35.9 Å². The Morgan fingerprint density at radius 1 is 1.14 bits per heavy atom. The van der Waals surface area contributed by atoms with Crippen LogP contribution in [0.15, 0.2) is 42.5 Å². The van der Waals surface area contributed by atoms with Gasteiger partial charge in [-0.3, -0.25) is 9.69 Å². The van der Waals surface area contributed by atoms with E-state index in [-0.39, 0.29) is 18.9 Å². The average molecular weight is 407 g/mol. The number of hydrogen-bond donors (Lipinski definition) is 1. The van der Waals surface area contributed by atoms with E-state index in [2.05, 4.69) is 0 Å². The number of benzene rings is 2. The number of alkyl halides is 3. The number of piperidine rings is 1. The number of fused-ring (bicyclic) bond motifs is 1. The fourth-order valence-corrected chi connectivity index (χ4v) is 4.11. The van der Waals surface area contributed by atoms with Gasteiger partial charge in [0.05, 0.1) is 17.5 Å². The number of likely N-dealkylation sites (tertiary alicyclic amines) is 1. The van der Waals surface area contributed by atoms with Gasteiger partial charge in [-0.2, -0.15) is 13.2 Å². The molecule has 0 amide bonds. The molecular weight excluding hydrogens is 387 g/mol. The van der Waals surface area contributed by atoms with Crippen LogP contribution in [0.5, 0.6) is 11.5 Å². The van der Waals surface area contributed by atoms with Gasteiger partial charge in [-0.15, -0.1) is 0 Å². The van der Waals surface area contributed by atoms with Crippen LogP contribution in [0.2, 0.25) is 0 Å². The topological polar surface area (TPSA) is 59.0 Å². The van der Waals surface area contributed by atoms with Crippen molar-refractivity contribution in [3.8, 4) is 11.5 Å². The van der Waals surface area contributed by atoms with E-state index >= 15 is 0 Å². The molecule has 2 aromatic carbocycles. The first-order valence-electron chi connectivity index (χ1n) is 9.37. The predicted molar refractivity (Wildman–Crippen MR) is 97.8 cm³/mol. The van der Waals surface area contributed by atoms with Crippen molar-refractivity contribution in [2.45, 2.75) is 25.1 Å². The number of nitrogens with zero attached hydrogens (tertiary/aromatic N) is 1. The van der Waals surface area contributed by atoms with Crippen molar-refractivity contribution in [3.05, 3.63) is 59.2 Å². The number of carboxylic acids is 1. The molecule has 1 fully saturated rings. The van der Waals surface area contributed by atoms with E-state index in [9.17, 15) is 23.1 Å². The van der Waals surface area contributed by atoms with Gasteiger partial charge in [0, 0.05) is 6.54 Å². The highest BCUT2D eigenvalue weighted by molar-refractivity contribution is 5.70. The zero-order valence-electron chi connectivity index (χ0n) is 15.5. The number of hydrogen-bond acceptors (Lipinski definition) is 4. The van der Waals surface area contributed by atoms with Crippen LogP contribution in [0.3, 0.4) is 0 Å². The summed E-state index contributed by atoms with van der Waals surface area (Å²) in [7, 11) is 0. The number of halogens is 3. The summed E-state index contributed by atoms with van der Waals surface area (Å²) in [4.78, 5) is 13.4. The zero-order valence-corrected chi connectivity index (χ0v) is 15.5. The Balaban J connectivity index is 1.81. The van der Waals surface area contributed by atoms with Crippen molar-refractivity contribution < 1.29 is 32.5 Å². The van der Waals surface area contributed by atoms with Gasteiger partial charge < -0.3 is 14.6 Å². The van der Waals surface area contributed by atoms with Gasteiger partial charge in [0.15, 0.2) is 11.5 Å². The number of carboxylic acid groups (broad SMARTS) is 1. The Kier molecular flexibility index (Phi) is 5.12. The molecule has 2 atom stereocenters. The summed E-state index contributed by atoms with van der Waals surface area (Å²) in [5, 5.41) is 9.45. The van der Waals surface area contributed by atoms with Gasteiger partial charge in [0.25, 0.3) is 0 Å². The highest BCUT2D eigenvalue weighted by atomic mass is 19.4. The van der Waals surface area contributed by atoms with Gasteiger partial charge in [-0.05, 0) is 48.7 Å². The molecule has 4 rings (SSSR count). The van der Waals surface area contributed by atoms with E-state index in [1.165, 1.54) is 12.1 Å². The van der Waals surface area contributed by atoms with Crippen molar-refractivity contribution in [2.75, 3.05) is 19.9 Å². The maximum Gasteiger partial charge on any atom is 0.416 e. The Morgan fingerprint density at radius 2 is 1.90 bits per heavy atom. The third-order valence-electron chi connectivity index (χ3n) is 5.44. The molecule has 2 aliphatic rings. The Hall–Kier alpha value is -2.74. The fraction of sp³-hybridized carbons (Fsp3) is 0.381. The minimum absolute atomic E-state index is 0.0629. The lowest BCUT2D eigenvalue weighted by Gasteiger charge is -2.38. The molecule has 2 aromatic rings. The monoisotopic (exact) mass is 407 g/mol. The first-order valence-corrected chi connectivity index (χ1v) is 9.37. The highest BCUT2D eigenvalue weighted by Crippen LogP contribution is 2.43. The van der Waals surface area contributed by atoms with Crippen molar-refractivity contribution in [1.82, 2.24) is 4.90 Å². The second kappa shape index (κ2) is 7.59. The molecule has 0 aliphatic carbocycles. The molecule has 154 valence electrons. The largest absolute Gasteiger partial charge is 0.481 e. The maximum absolute atomic E-state index is 13.8. The van der Waals surface area contributed by atoms with Crippen LogP contribution >= 0.6 is 0 Å². The normalized spacial score (nSPS) is 20.4. The van der Waals surface area contributed by atoms with Crippen LogP contribution in [0.1, 0.15) is 35.6 Å². The average Bonchev–Trinajstić information content (AvgIpc) is 3.16. The molecule has 29 heavy (non-hydrogen) atoms. The second-order valence-electron chi connectivity index (χ2n) is 7.27. The Labute approximate surface area is 165 Å². The summed E-state index contributed by atoms with van der Waals surface area (Å²) in [6.45, 7) is 0.753. The van der Waals surface area contributed by atoms with Crippen molar-refractivity contribution in [2.24, 2.45) is 5.92 Å². The smallest absolute Gasteiger partial charge is 0.416 e. The van der Waals surface area contributed by atoms with Crippen LogP contribution in [-0.2, 0) is 11.0 Å².